The number of aliphatic hydroxyl groups is 1. The summed E-state index contributed by atoms with van der Waals surface area (Å²) in [5.74, 6) is 1.47. The highest BCUT2D eigenvalue weighted by molar-refractivity contribution is 5.87. The summed E-state index contributed by atoms with van der Waals surface area (Å²) in [6.07, 6.45) is 7.17. The average Bonchev–Trinajstić information content (AvgIpc) is 2.64. The first-order valence-corrected chi connectivity index (χ1v) is 7.76. The molecule has 0 atom stereocenters. The number of carbonyl (C=O) groups is 1. The second-order valence-corrected chi connectivity index (χ2v) is 4.78. The van der Waals surface area contributed by atoms with Crippen molar-refractivity contribution in [1.29, 1.82) is 0 Å². The molecule has 1 rings (SSSR count). The molecule has 10 heteroatoms. The van der Waals surface area contributed by atoms with Crippen molar-refractivity contribution in [1.82, 2.24) is 5.32 Å². The number of nitrogens with one attached hydrogen (secondary N) is 1. The third-order valence-electron chi connectivity index (χ3n) is 2.97. The van der Waals surface area contributed by atoms with E-state index >= 15 is 0 Å². The van der Waals surface area contributed by atoms with E-state index in [2.05, 4.69) is 5.32 Å². The molecule has 0 aromatic heterocycles. The molecule has 1 aromatic carbocycles. The molecule has 0 aliphatic carbocycles. The summed E-state index contributed by atoms with van der Waals surface area (Å²) in [7, 11) is 4.66. The quantitative estimate of drug-likeness (QED) is 0.191. The minimum absolute atomic E-state index is 0.0605. The number of amides is 1. The van der Waals surface area contributed by atoms with Gasteiger partial charge in [-0.3, -0.25) is 4.79 Å². The largest absolute Gasteiger partial charge is 0.493 e. The maximum absolute atomic E-state index is 11.4. The van der Waals surface area contributed by atoms with Crippen LogP contribution in [0.5, 0.6) is 17.2 Å². The van der Waals surface area contributed by atoms with Crippen molar-refractivity contribution in [2.45, 2.75) is 6.42 Å². The van der Waals surface area contributed by atoms with Crippen LogP contribution in [0.4, 0.5) is 0 Å². The Hall–Kier alpha value is -3.27. The smallest absolute Gasteiger partial charge is 0.291 e. The Kier molecular flexibility index (Phi) is 12.3. The first-order chi connectivity index (χ1) is 12.9. The van der Waals surface area contributed by atoms with Crippen LogP contribution < -0.4 is 19.5 Å². The molecule has 1 amide bonds. The van der Waals surface area contributed by atoms with Gasteiger partial charge in [0, 0.05) is 19.2 Å². The van der Waals surface area contributed by atoms with Gasteiger partial charge in [0.05, 0.1) is 21.3 Å². The van der Waals surface area contributed by atoms with Crippen LogP contribution in [0, 0.1) is 10.1 Å². The van der Waals surface area contributed by atoms with Gasteiger partial charge in [0.15, 0.2) is 11.5 Å². The van der Waals surface area contributed by atoms with Gasteiger partial charge in [-0.25, -0.2) is 0 Å². The van der Waals surface area contributed by atoms with Crippen molar-refractivity contribution in [3.8, 4) is 17.2 Å². The SMILES string of the molecule is COc1cc(C=CC=CC(=O)NCCCO)cc(OC)c1OC.O=[N+]([O-])O. The lowest BCUT2D eigenvalue weighted by molar-refractivity contribution is -0.742. The van der Waals surface area contributed by atoms with Crippen LogP contribution in [0.2, 0.25) is 0 Å². The first-order valence-electron chi connectivity index (χ1n) is 7.76. The van der Waals surface area contributed by atoms with Gasteiger partial charge < -0.3 is 29.8 Å². The minimum Gasteiger partial charge on any atom is -0.493 e. The zero-order chi connectivity index (χ0) is 20.7. The van der Waals surface area contributed by atoms with Gasteiger partial charge in [-0.2, -0.15) is 0 Å². The van der Waals surface area contributed by atoms with Crippen LogP contribution in [-0.2, 0) is 4.79 Å². The second-order valence-electron chi connectivity index (χ2n) is 4.78. The van der Waals surface area contributed by atoms with E-state index in [9.17, 15) is 4.79 Å². The summed E-state index contributed by atoms with van der Waals surface area (Å²) in [5.41, 5.74) is 0.852. The maximum Gasteiger partial charge on any atom is 0.291 e. The van der Waals surface area contributed by atoms with Crippen molar-refractivity contribution in [2.24, 2.45) is 0 Å². The number of allylic oxidation sites excluding steroid dienone is 2. The molecule has 0 bridgehead atoms. The molecule has 0 saturated carbocycles. The number of methoxy groups -OCH3 is 3. The van der Waals surface area contributed by atoms with Crippen LogP contribution >= 0.6 is 0 Å². The molecule has 0 aliphatic rings. The molecule has 0 aliphatic heterocycles. The summed E-state index contributed by atoms with van der Waals surface area (Å²) in [4.78, 5) is 19.8. The number of nitrogens with zero attached hydrogens (tertiary/aromatic N) is 1. The van der Waals surface area contributed by atoms with E-state index in [1.165, 1.54) is 6.08 Å². The zero-order valence-corrected chi connectivity index (χ0v) is 15.4. The Morgan fingerprint density at radius 3 is 2.19 bits per heavy atom. The average molecular weight is 384 g/mol. The number of hydrogen-bond donors (Lipinski definition) is 3. The highest BCUT2D eigenvalue weighted by Gasteiger charge is 2.11. The number of hydrogen-bond acceptors (Lipinski definition) is 7. The van der Waals surface area contributed by atoms with E-state index in [1.807, 2.05) is 18.2 Å². The second kappa shape index (κ2) is 14.0. The van der Waals surface area contributed by atoms with E-state index < -0.39 is 5.09 Å². The lowest BCUT2D eigenvalue weighted by Gasteiger charge is -2.12. The Balaban J connectivity index is 0.00000153. The number of ether oxygens (including phenoxy) is 3. The van der Waals surface area contributed by atoms with Crippen LogP contribution in [0.15, 0.2) is 30.4 Å². The van der Waals surface area contributed by atoms with Crippen molar-refractivity contribution >= 4 is 12.0 Å². The van der Waals surface area contributed by atoms with Gasteiger partial charge in [0.1, 0.15) is 0 Å². The third kappa shape index (κ3) is 10.3. The molecule has 0 heterocycles. The van der Waals surface area contributed by atoms with E-state index in [1.54, 1.807) is 33.5 Å². The monoisotopic (exact) mass is 384 g/mol. The van der Waals surface area contributed by atoms with Crippen molar-refractivity contribution < 1.29 is 34.4 Å². The van der Waals surface area contributed by atoms with Gasteiger partial charge in [0.25, 0.3) is 5.09 Å². The normalized spacial score (nSPS) is 10.2. The van der Waals surface area contributed by atoms with Gasteiger partial charge >= 0.3 is 0 Å². The fourth-order valence-electron chi connectivity index (χ4n) is 1.86. The summed E-state index contributed by atoms with van der Waals surface area (Å²) in [6, 6.07) is 3.63. The molecule has 0 spiro atoms. The first kappa shape index (κ1) is 23.7. The lowest BCUT2D eigenvalue weighted by atomic mass is 10.1. The molecule has 150 valence electrons. The fraction of sp³-hybridized carbons (Fsp3) is 0.353. The minimum atomic E-state index is -1.50. The fourth-order valence-corrected chi connectivity index (χ4v) is 1.86. The molecular weight excluding hydrogens is 360 g/mol. The van der Waals surface area contributed by atoms with Gasteiger partial charge in [0.2, 0.25) is 11.7 Å². The molecular formula is C17H24N2O8. The molecule has 0 unspecified atom stereocenters. The van der Waals surface area contributed by atoms with Crippen LogP contribution in [0.25, 0.3) is 6.08 Å². The summed E-state index contributed by atoms with van der Waals surface area (Å²) < 4.78 is 15.8. The standard InChI is InChI=1S/C17H23NO5.HNO3/c1-21-14-11-13(12-15(22-2)17(14)23-3)7-4-5-8-16(20)18-9-6-10-19;2-1(3)4/h4-5,7-8,11-12,19H,6,9-10H2,1-3H3,(H,18,20);(H,2,3,4). The van der Waals surface area contributed by atoms with E-state index in [0.29, 0.717) is 30.2 Å². The summed E-state index contributed by atoms with van der Waals surface area (Å²) in [5, 5.41) is 24.9. The number of benzene rings is 1. The summed E-state index contributed by atoms with van der Waals surface area (Å²) in [6.45, 7) is 0.515. The number of aliphatic hydroxyl groups excluding tert-OH is 1. The van der Waals surface area contributed by atoms with Crippen molar-refractivity contribution in [3.05, 3.63) is 46.0 Å². The Morgan fingerprint density at radius 1 is 1.19 bits per heavy atom. The Bertz CT molecular complexity index is 629. The van der Waals surface area contributed by atoms with Crippen molar-refractivity contribution in [3.63, 3.8) is 0 Å². The van der Waals surface area contributed by atoms with Gasteiger partial charge in [-0.15, -0.1) is 10.1 Å². The third-order valence-corrected chi connectivity index (χ3v) is 2.97. The van der Waals surface area contributed by atoms with Crippen LogP contribution in [-0.4, -0.2) is 55.8 Å². The van der Waals surface area contributed by atoms with E-state index in [0.717, 1.165) is 5.56 Å². The van der Waals surface area contributed by atoms with E-state index in [4.69, 9.17) is 34.6 Å². The molecule has 27 heavy (non-hydrogen) atoms. The number of rotatable bonds is 9. The predicted molar refractivity (Wildman–Crippen MR) is 97.8 cm³/mol. The highest BCUT2D eigenvalue weighted by Crippen LogP contribution is 2.38. The Labute approximate surface area is 156 Å². The highest BCUT2D eigenvalue weighted by atomic mass is 16.9. The molecule has 10 nitrogen and oxygen atoms in total. The zero-order valence-electron chi connectivity index (χ0n) is 15.4. The maximum atomic E-state index is 11.4. The van der Waals surface area contributed by atoms with Crippen molar-refractivity contribution in [2.75, 3.05) is 34.5 Å². The topological polar surface area (TPSA) is 140 Å². The van der Waals surface area contributed by atoms with Gasteiger partial charge in [-0.05, 0) is 24.1 Å². The predicted octanol–water partition coefficient (Wildman–Crippen LogP) is 1.43. The van der Waals surface area contributed by atoms with Crippen LogP contribution in [0.3, 0.4) is 0 Å². The van der Waals surface area contributed by atoms with E-state index in [-0.39, 0.29) is 12.5 Å². The Morgan fingerprint density at radius 2 is 1.74 bits per heavy atom. The summed E-state index contributed by atoms with van der Waals surface area (Å²) >= 11 is 0. The van der Waals surface area contributed by atoms with Crippen LogP contribution in [0.1, 0.15) is 12.0 Å². The molecule has 0 radical (unpaired) electrons. The molecule has 0 saturated heterocycles. The number of carbonyl (C=O) groups excluding carboxylic acids is 1. The van der Waals surface area contributed by atoms with Gasteiger partial charge in [-0.1, -0.05) is 18.2 Å². The molecule has 0 fully saturated rings. The molecule has 3 N–H and O–H groups in total. The lowest BCUT2D eigenvalue weighted by Crippen LogP contribution is -2.22. The molecule has 1 aromatic rings.